The van der Waals surface area contributed by atoms with Gasteiger partial charge >= 0.3 is 0 Å². The summed E-state index contributed by atoms with van der Waals surface area (Å²) in [5.74, 6) is -0.211. The molecule has 1 aromatic rings. The van der Waals surface area contributed by atoms with Crippen molar-refractivity contribution in [1.82, 2.24) is 10.2 Å². The molecule has 1 N–H and O–H groups in total. The molecule has 140 valence electrons. The fraction of sp³-hybridized carbons (Fsp3) is 0.632. The number of rotatable bonds is 7. The summed E-state index contributed by atoms with van der Waals surface area (Å²) in [6.07, 6.45) is 4.21. The van der Waals surface area contributed by atoms with Crippen molar-refractivity contribution in [3.8, 4) is 0 Å². The normalized spacial score (nSPS) is 21.4. The molecule has 1 aliphatic carbocycles. The molecule has 1 fully saturated rings. The first-order chi connectivity index (χ1) is 12.0. The standard InChI is InChI=1S/C19H27F3N2O/c1-24(2)17-6-4-3-5-16(17)23-18(25)14-7-9-15(10-8-14)19(11-20,12-21)13-22/h7-10,16-17H,3-6,11-13H2,1-2H3,(H,23,25). The number of carbonyl (C=O) groups is 1. The molecule has 0 radical (unpaired) electrons. The highest BCUT2D eigenvalue weighted by Crippen LogP contribution is 2.27. The number of alkyl halides is 3. The van der Waals surface area contributed by atoms with Crippen molar-refractivity contribution >= 4 is 5.91 Å². The van der Waals surface area contributed by atoms with E-state index in [-0.39, 0.29) is 17.5 Å². The largest absolute Gasteiger partial charge is 0.348 e. The maximum absolute atomic E-state index is 13.1. The van der Waals surface area contributed by atoms with Gasteiger partial charge in [0.25, 0.3) is 5.91 Å². The summed E-state index contributed by atoms with van der Waals surface area (Å²) in [7, 11) is 4.02. The lowest BCUT2D eigenvalue weighted by Crippen LogP contribution is -2.51. The Kier molecular flexibility index (Phi) is 6.87. The molecule has 0 saturated heterocycles. The molecule has 1 amide bonds. The molecule has 1 saturated carbocycles. The number of likely N-dealkylation sites (N-methyl/N-ethyl adjacent to an activating group) is 1. The average molecular weight is 356 g/mol. The van der Waals surface area contributed by atoms with Gasteiger partial charge in [-0.1, -0.05) is 25.0 Å². The molecular formula is C19H27F3N2O. The van der Waals surface area contributed by atoms with Gasteiger partial charge in [-0.05, 0) is 44.6 Å². The van der Waals surface area contributed by atoms with E-state index in [1.807, 2.05) is 14.1 Å². The van der Waals surface area contributed by atoms with Gasteiger partial charge in [-0.15, -0.1) is 0 Å². The highest BCUT2D eigenvalue weighted by molar-refractivity contribution is 5.94. The quantitative estimate of drug-likeness (QED) is 0.812. The molecule has 25 heavy (non-hydrogen) atoms. The molecule has 1 aliphatic rings. The SMILES string of the molecule is CN(C)C1CCCCC1NC(=O)c1ccc(C(CF)(CF)CF)cc1. The molecule has 0 aromatic heterocycles. The first kappa shape index (κ1) is 19.8. The van der Waals surface area contributed by atoms with Crippen molar-refractivity contribution < 1.29 is 18.0 Å². The second kappa shape index (κ2) is 8.70. The zero-order chi connectivity index (χ0) is 18.4. The Morgan fingerprint density at radius 1 is 1.08 bits per heavy atom. The zero-order valence-electron chi connectivity index (χ0n) is 14.9. The minimum Gasteiger partial charge on any atom is -0.348 e. The maximum atomic E-state index is 13.1. The van der Waals surface area contributed by atoms with Gasteiger partial charge in [0.2, 0.25) is 0 Å². The fourth-order valence-electron chi connectivity index (χ4n) is 3.46. The Morgan fingerprint density at radius 2 is 1.64 bits per heavy atom. The summed E-state index contributed by atoms with van der Waals surface area (Å²) >= 11 is 0. The van der Waals surface area contributed by atoms with E-state index in [4.69, 9.17) is 0 Å². The van der Waals surface area contributed by atoms with Gasteiger partial charge in [0.1, 0.15) is 20.0 Å². The van der Waals surface area contributed by atoms with E-state index in [9.17, 15) is 18.0 Å². The molecule has 3 nitrogen and oxygen atoms in total. The van der Waals surface area contributed by atoms with E-state index in [0.717, 1.165) is 25.7 Å². The predicted molar refractivity (Wildman–Crippen MR) is 93.2 cm³/mol. The van der Waals surface area contributed by atoms with Crippen LogP contribution < -0.4 is 5.32 Å². The van der Waals surface area contributed by atoms with E-state index >= 15 is 0 Å². The van der Waals surface area contributed by atoms with Gasteiger partial charge in [-0.2, -0.15) is 0 Å². The zero-order valence-corrected chi connectivity index (χ0v) is 14.9. The minimum atomic E-state index is -1.76. The second-order valence-electron chi connectivity index (χ2n) is 7.15. The molecule has 1 aromatic carbocycles. The highest BCUT2D eigenvalue weighted by Gasteiger charge is 2.33. The lowest BCUT2D eigenvalue weighted by atomic mass is 9.84. The molecular weight excluding hydrogens is 329 g/mol. The van der Waals surface area contributed by atoms with Crippen molar-refractivity contribution in [1.29, 1.82) is 0 Å². The Hall–Kier alpha value is -1.56. The second-order valence-corrected chi connectivity index (χ2v) is 7.15. The Balaban J connectivity index is 2.10. The summed E-state index contributed by atoms with van der Waals surface area (Å²) in [5.41, 5.74) is -1.10. The lowest BCUT2D eigenvalue weighted by Gasteiger charge is -2.36. The van der Waals surface area contributed by atoms with Crippen molar-refractivity contribution in [2.45, 2.75) is 43.2 Å². The molecule has 0 aliphatic heterocycles. The number of hydrogen-bond acceptors (Lipinski definition) is 2. The van der Waals surface area contributed by atoms with Gasteiger partial charge in [0, 0.05) is 17.6 Å². The van der Waals surface area contributed by atoms with E-state index in [0.29, 0.717) is 11.6 Å². The van der Waals surface area contributed by atoms with Crippen LogP contribution in [0.25, 0.3) is 0 Å². The Bertz CT molecular complexity index is 550. The third kappa shape index (κ3) is 4.35. The third-order valence-corrected chi connectivity index (χ3v) is 5.24. The molecule has 0 spiro atoms. The number of carbonyl (C=O) groups excluding carboxylic acids is 1. The predicted octanol–water partition coefficient (Wildman–Crippen LogP) is 3.44. The molecule has 6 heteroatoms. The summed E-state index contributed by atoms with van der Waals surface area (Å²) in [6.45, 7) is -3.34. The minimum absolute atomic E-state index is 0.0811. The van der Waals surface area contributed by atoms with Crippen LogP contribution in [0.2, 0.25) is 0 Å². The fourth-order valence-corrected chi connectivity index (χ4v) is 3.46. The average Bonchev–Trinajstić information content (AvgIpc) is 2.64. The summed E-state index contributed by atoms with van der Waals surface area (Å²) in [5, 5.41) is 3.06. The highest BCUT2D eigenvalue weighted by atomic mass is 19.1. The van der Waals surface area contributed by atoms with Crippen LogP contribution in [-0.2, 0) is 5.41 Å². The van der Waals surface area contributed by atoms with Crippen LogP contribution in [0.3, 0.4) is 0 Å². The summed E-state index contributed by atoms with van der Waals surface area (Å²) in [4.78, 5) is 14.6. The van der Waals surface area contributed by atoms with Gasteiger partial charge < -0.3 is 10.2 Å². The number of nitrogens with zero attached hydrogens (tertiary/aromatic N) is 1. The summed E-state index contributed by atoms with van der Waals surface area (Å²) in [6, 6.07) is 6.28. The number of amides is 1. The van der Waals surface area contributed by atoms with E-state index in [1.54, 1.807) is 0 Å². The number of halogens is 3. The topological polar surface area (TPSA) is 32.3 Å². The van der Waals surface area contributed by atoms with E-state index < -0.39 is 25.4 Å². The Morgan fingerprint density at radius 3 is 2.16 bits per heavy atom. The van der Waals surface area contributed by atoms with Crippen LogP contribution in [0, 0.1) is 0 Å². The van der Waals surface area contributed by atoms with Crippen LogP contribution in [0.4, 0.5) is 13.2 Å². The first-order valence-corrected chi connectivity index (χ1v) is 8.73. The van der Waals surface area contributed by atoms with Crippen molar-refractivity contribution in [3.05, 3.63) is 35.4 Å². The number of benzene rings is 1. The Labute approximate surface area is 147 Å². The van der Waals surface area contributed by atoms with Crippen LogP contribution in [-0.4, -0.2) is 57.0 Å². The number of nitrogens with one attached hydrogen (secondary N) is 1. The molecule has 2 unspecified atom stereocenters. The van der Waals surface area contributed by atoms with Crippen LogP contribution in [0.1, 0.15) is 41.6 Å². The van der Waals surface area contributed by atoms with Crippen LogP contribution >= 0.6 is 0 Å². The van der Waals surface area contributed by atoms with Crippen molar-refractivity contribution in [2.75, 3.05) is 34.1 Å². The van der Waals surface area contributed by atoms with Gasteiger partial charge in [0.05, 0.1) is 5.41 Å². The maximum Gasteiger partial charge on any atom is 0.251 e. The summed E-state index contributed by atoms with van der Waals surface area (Å²) < 4.78 is 39.4. The van der Waals surface area contributed by atoms with Gasteiger partial charge in [-0.3, -0.25) is 4.79 Å². The number of hydrogen-bond donors (Lipinski definition) is 1. The van der Waals surface area contributed by atoms with Crippen molar-refractivity contribution in [3.63, 3.8) is 0 Å². The first-order valence-electron chi connectivity index (χ1n) is 8.73. The van der Waals surface area contributed by atoms with Crippen LogP contribution in [0.15, 0.2) is 24.3 Å². The molecule has 2 rings (SSSR count). The van der Waals surface area contributed by atoms with Gasteiger partial charge in [0.15, 0.2) is 0 Å². The van der Waals surface area contributed by atoms with Gasteiger partial charge in [-0.25, -0.2) is 13.2 Å². The van der Waals surface area contributed by atoms with Crippen LogP contribution in [0.5, 0.6) is 0 Å². The van der Waals surface area contributed by atoms with E-state index in [2.05, 4.69) is 10.2 Å². The third-order valence-electron chi connectivity index (χ3n) is 5.24. The lowest BCUT2D eigenvalue weighted by molar-refractivity contribution is 0.0883. The van der Waals surface area contributed by atoms with E-state index in [1.165, 1.54) is 24.3 Å². The molecule has 0 bridgehead atoms. The monoisotopic (exact) mass is 356 g/mol. The smallest absolute Gasteiger partial charge is 0.251 e. The molecule has 2 atom stereocenters. The van der Waals surface area contributed by atoms with Crippen molar-refractivity contribution in [2.24, 2.45) is 0 Å². The molecule has 0 heterocycles.